The van der Waals surface area contributed by atoms with Crippen molar-refractivity contribution in [2.75, 3.05) is 6.61 Å². The maximum Gasteiger partial charge on any atom is 0.408 e. The number of nitrogens with one attached hydrogen (secondary N) is 4. The molecule has 4 rings (SSSR count). The average molecular weight is 709 g/mol. The Labute approximate surface area is 305 Å². The number of aliphatic hydroxyl groups is 1. The summed E-state index contributed by atoms with van der Waals surface area (Å²) in [6, 6.07) is 31.8. The second-order valence-electron chi connectivity index (χ2n) is 12.7. The molecule has 0 saturated heterocycles. The van der Waals surface area contributed by atoms with E-state index in [2.05, 4.69) is 21.3 Å². The molecule has 0 bridgehead atoms. The molecule has 0 fully saturated rings. The molecule has 0 saturated carbocycles. The fourth-order valence-electron chi connectivity index (χ4n) is 5.51. The van der Waals surface area contributed by atoms with Crippen LogP contribution in [0.2, 0.25) is 0 Å². The molecule has 0 unspecified atom stereocenters. The fourth-order valence-corrected chi connectivity index (χ4v) is 5.51. The lowest BCUT2D eigenvalue weighted by Crippen LogP contribution is -2.60. The molecule has 3 amide bonds. The first-order valence-corrected chi connectivity index (χ1v) is 17.4. The summed E-state index contributed by atoms with van der Waals surface area (Å²) in [4.78, 5) is 52.2. The second kappa shape index (κ2) is 20.4. The topological polar surface area (TPSA) is 155 Å². The van der Waals surface area contributed by atoms with E-state index in [0.29, 0.717) is 12.1 Å². The summed E-state index contributed by atoms with van der Waals surface area (Å²) in [6.07, 6.45) is -1.99. The summed E-state index contributed by atoms with van der Waals surface area (Å²) in [5.41, 5.74) is 3.90. The Morgan fingerprint density at radius 2 is 1.21 bits per heavy atom. The zero-order chi connectivity index (χ0) is 37.3. The maximum atomic E-state index is 13.7. The lowest BCUT2D eigenvalue weighted by Gasteiger charge is -2.32. The lowest BCUT2D eigenvalue weighted by molar-refractivity contribution is -0.150. The third-order valence-corrected chi connectivity index (χ3v) is 8.39. The molecule has 0 heterocycles. The van der Waals surface area contributed by atoms with Gasteiger partial charge in [0, 0.05) is 18.7 Å². The molecule has 5 N–H and O–H groups in total. The maximum absolute atomic E-state index is 13.7. The summed E-state index contributed by atoms with van der Waals surface area (Å²) in [6.45, 7) is 5.92. The van der Waals surface area contributed by atoms with Crippen molar-refractivity contribution in [1.82, 2.24) is 21.3 Å². The van der Waals surface area contributed by atoms with Gasteiger partial charge in [0.15, 0.2) is 0 Å². The van der Waals surface area contributed by atoms with E-state index in [1.165, 1.54) is 0 Å². The summed E-state index contributed by atoms with van der Waals surface area (Å²) in [5, 5.41) is 23.4. The number of hydrogen-bond donors (Lipinski definition) is 5. The van der Waals surface area contributed by atoms with Crippen LogP contribution >= 0.6 is 0 Å². The highest BCUT2D eigenvalue weighted by Gasteiger charge is 2.36. The quantitative estimate of drug-likeness (QED) is 0.0935. The number of alkyl carbamates (subject to hydrolysis) is 1. The lowest BCUT2D eigenvalue weighted by atomic mass is 9.94. The Hall–Kier alpha value is -5.52. The molecule has 4 aromatic rings. The predicted molar refractivity (Wildman–Crippen MR) is 198 cm³/mol. The highest BCUT2D eigenvalue weighted by atomic mass is 16.5. The predicted octanol–water partition coefficient (Wildman–Crippen LogP) is 4.68. The van der Waals surface area contributed by atoms with Gasteiger partial charge in [0.2, 0.25) is 5.91 Å². The van der Waals surface area contributed by atoms with Gasteiger partial charge in [-0.05, 0) is 53.6 Å². The minimum atomic E-state index is -1.42. The summed E-state index contributed by atoms with van der Waals surface area (Å²) in [7, 11) is 0. The van der Waals surface area contributed by atoms with Crippen molar-refractivity contribution in [2.45, 2.75) is 71.1 Å². The molecule has 0 aliphatic carbocycles. The fraction of sp³-hybridized carbons (Fsp3) is 0.317. The minimum absolute atomic E-state index is 0.0366. The smallest absolute Gasteiger partial charge is 0.408 e. The van der Waals surface area contributed by atoms with Crippen LogP contribution in [0.3, 0.4) is 0 Å². The summed E-state index contributed by atoms with van der Waals surface area (Å²) in [5.74, 6) is -1.71. The molecule has 0 aliphatic heterocycles. The van der Waals surface area contributed by atoms with Crippen molar-refractivity contribution in [3.63, 3.8) is 0 Å². The Morgan fingerprint density at radius 1 is 0.654 bits per heavy atom. The Bertz CT molecular complexity index is 1700. The number of aliphatic hydroxyl groups excluding tert-OH is 1. The zero-order valence-corrected chi connectivity index (χ0v) is 29.8. The first-order valence-electron chi connectivity index (χ1n) is 17.4. The monoisotopic (exact) mass is 708 g/mol. The Morgan fingerprint density at radius 3 is 1.79 bits per heavy atom. The summed E-state index contributed by atoms with van der Waals surface area (Å²) < 4.78 is 10.7. The van der Waals surface area contributed by atoms with Gasteiger partial charge in [0.25, 0.3) is 5.91 Å². The minimum Gasteiger partial charge on any atom is -0.465 e. The van der Waals surface area contributed by atoms with Crippen LogP contribution in [0, 0.1) is 5.92 Å². The molecular formula is C41H48N4O7. The van der Waals surface area contributed by atoms with Crippen molar-refractivity contribution in [3.05, 3.63) is 143 Å². The number of esters is 1. The van der Waals surface area contributed by atoms with E-state index in [1.54, 1.807) is 32.9 Å². The van der Waals surface area contributed by atoms with Gasteiger partial charge in [-0.25, -0.2) is 4.79 Å². The van der Waals surface area contributed by atoms with Crippen molar-refractivity contribution in [3.8, 4) is 0 Å². The van der Waals surface area contributed by atoms with Crippen LogP contribution in [0.5, 0.6) is 0 Å². The van der Waals surface area contributed by atoms with Gasteiger partial charge in [-0.15, -0.1) is 0 Å². The number of ether oxygens (including phenoxy) is 2. The van der Waals surface area contributed by atoms with Crippen LogP contribution < -0.4 is 21.3 Å². The first-order chi connectivity index (χ1) is 25.1. The van der Waals surface area contributed by atoms with Gasteiger partial charge < -0.3 is 30.5 Å². The molecule has 11 heteroatoms. The number of amides is 3. The van der Waals surface area contributed by atoms with Gasteiger partial charge in [-0.3, -0.25) is 19.7 Å². The Kier molecular flexibility index (Phi) is 15.4. The summed E-state index contributed by atoms with van der Waals surface area (Å²) >= 11 is 0. The van der Waals surface area contributed by atoms with Crippen LogP contribution in [0.25, 0.3) is 0 Å². The molecule has 4 atom stereocenters. The van der Waals surface area contributed by atoms with E-state index in [1.807, 2.05) is 103 Å². The molecule has 274 valence electrons. The van der Waals surface area contributed by atoms with Crippen molar-refractivity contribution in [1.29, 1.82) is 0 Å². The second-order valence-corrected chi connectivity index (χ2v) is 12.7. The van der Waals surface area contributed by atoms with Crippen LogP contribution in [0.1, 0.15) is 53.4 Å². The van der Waals surface area contributed by atoms with Crippen molar-refractivity contribution < 1.29 is 33.8 Å². The van der Waals surface area contributed by atoms with E-state index in [-0.39, 0.29) is 38.0 Å². The van der Waals surface area contributed by atoms with E-state index in [0.717, 1.165) is 22.3 Å². The van der Waals surface area contributed by atoms with Gasteiger partial charge in [0.05, 0.1) is 12.6 Å². The van der Waals surface area contributed by atoms with E-state index >= 15 is 0 Å². The molecule has 0 spiro atoms. The van der Waals surface area contributed by atoms with Crippen LogP contribution in [-0.2, 0) is 45.2 Å². The van der Waals surface area contributed by atoms with Crippen molar-refractivity contribution >= 4 is 23.9 Å². The SMILES string of the molecule is CCOC(=O)[C@H](NCc1ccc(CNC(=O)c2ccccc2)cc1)[C@H](O)[C@H](Cc1ccccc1)NC(=O)[C@@H](NC(=O)OCc1ccccc1)C(C)C. The molecule has 4 aromatic carbocycles. The molecular weight excluding hydrogens is 660 g/mol. The zero-order valence-electron chi connectivity index (χ0n) is 29.8. The number of carbonyl (C=O) groups is 4. The van der Waals surface area contributed by atoms with Gasteiger partial charge in [0.1, 0.15) is 24.8 Å². The van der Waals surface area contributed by atoms with E-state index in [9.17, 15) is 24.3 Å². The molecule has 0 aliphatic rings. The Balaban J connectivity index is 1.44. The van der Waals surface area contributed by atoms with Crippen LogP contribution in [0.15, 0.2) is 115 Å². The first kappa shape index (κ1) is 39.3. The largest absolute Gasteiger partial charge is 0.465 e. The highest BCUT2D eigenvalue weighted by molar-refractivity contribution is 5.94. The highest BCUT2D eigenvalue weighted by Crippen LogP contribution is 2.14. The third kappa shape index (κ3) is 12.4. The molecule has 11 nitrogen and oxygen atoms in total. The van der Waals surface area contributed by atoms with Crippen molar-refractivity contribution in [2.24, 2.45) is 5.92 Å². The van der Waals surface area contributed by atoms with Crippen LogP contribution in [-0.4, -0.2) is 59.8 Å². The standard InChI is InChI=1S/C41H48N4O7/c1-4-51-40(49)36(42-25-30-20-22-31(23-21-30)26-43-38(47)33-18-12-7-13-19-33)37(46)34(24-29-14-8-5-9-15-29)44-39(48)35(28(2)3)45-41(50)52-27-32-16-10-6-11-17-32/h5-23,28,34-37,42,46H,4,24-27H2,1-3H3,(H,43,47)(H,44,48)(H,45,50)/t34-,35-,36+,37+/m0/s1. The number of benzene rings is 4. The van der Waals surface area contributed by atoms with Crippen LogP contribution in [0.4, 0.5) is 4.79 Å². The molecule has 0 radical (unpaired) electrons. The number of rotatable bonds is 18. The average Bonchev–Trinajstić information content (AvgIpc) is 3.16. The molecule has 52 heavy (non-hydrogen) atoms. The van der Waals surface area contributed by atoms with Gasteiger partial charge in [-0.2, -0.15) is 0 Å². The third-order valence-electron chi connectivity index (χ3n) is 8.39. The normalized spacial score (nSPS) is 13.2. The molecule has 0 aromatic heterocycles. The van der Waals surface area contributed by atoms with E-state index < -0.39 is 42.2 Å². The number of carbonyl (C=O) groups excluding carboxylic acids is 4. The van der Waals surface area contributed by atoms with E-state index in [4.69, 9.17) is 9.47 Å². The number of hydrogen-bond acceptors (Lipinski definition) is 8. The van der Waals surface area contributed by atoms with Gasteiger partial charge in [-0.1, -0.05) is 117 Å². The van der Waals surface area contributed by atoms with Gasteiger partial charge >= 0.3 is 12.1 Å².